The van der Waals surface area contributed by atoms with E-state index in [0.29, 0.717) is 0 Å². The van der Waals surface area contributed by atoms with Crippen LogP contribution in [0.5, 0.6) is 0 Å². The second-order valence-corrected chi connectivity index (χ2v) is 6.14. The standard InChI is InChI=1S/C7H12N2O2S2/c1-6(2)13(10,11)9-5-7-8-3-4-12-7/h3-4,6,9H,5H2,1-2H3. The van der Waals surface area contributed by atoms with Crippen LogP contribution >= 0.6 is 11.3 Å². The number of hydrogen-bond donors (Lipinski definition) is 1. The summed E-state index contributed by atoms with van der Waals surface area (Å²) in [6.07, 6.45) is 1.66. The normalized spacial score (nSPS) is 12.2. The fourth-order valence-electron chi connectivity index (χ4n) is 0.669. The van der Waals surface area contributed by atoms with E-state index in [1.165, 1.54) is 11.3 Å². The highest BCUT2D eigenvalue weighted by atomic mass is 32.2. The molecule has 0 saturated carbocycles. The first-order chi connectivity index (χ1) is 6.02. The van der Waals surface area contributed by atoms with Crippen molar-refractivity contribution in [2.45, 2.75) is 25.6 Å². The number of nitrogens with one attached hydrogen (secondary N) is 1. The molecule has 1 heterocycles. The van der Waals surface area contributed by atoms with Gasteiger partial charge in [0.05, 0.1) is 11.8 Å². The SMILES string of the molecule is CC(C)S(=O)(=O)NCc1nccs1. The average Bonchev–Trinajstić information content (AvgIpc) is 2.52. The van der Waals surface area contributed by atoms with Crippen LogP contribution in [0.15, 0.2) is 11.6 Å². The topological polar surface area (TPSA) is 59.1 Å². The van der Waals surface area contributed by atoms with Crippen molar-refractivity contribution in [2.24, 2.45) is 0 Å². The third-order valence-corrected chi connectivity index (χ3v) is 4.10. The number of sulfonamides is 1. The second-order valence-electron chi connectivity index (χ2n) is 2.84. The van der Waals surface area contributed by atoms with E-state index in [0.717, 1.165) is 5.01 Å². The molecule has 0 aliphatic rings. The summed E-state index contributed by atoms with van der Waals surface area (Å²) in [5.74, 6) is 0. The molecule has 0 amide bonds. The minimum atomic E-state index is -3.16. The van der Waals surface area contributed by atoms with Crippen LogP contribution in [-0.2, 0) is 16.6 Å². The minimum Gasteiger partial charge on any atom is -0.248 e. The summed E-state index contributed by atoms with van der Waals surface area (Å²) in [6, 6.07) is 0. The highest BCUT2D eigenvalue weighted by Gasteiger charge is 2.14. The van der Waals surface area contributed by atoms with Crippen molar-refractivity contribution in [3.63, 3.8) is 0 Å². The first-order valence-corrected chi connectivity index (χ1v) is 6.32. The highest BCUT2D eigenvalue weighted by molar-refractivity contribution is 7.90. The van der Waals surface area contributed by atoms with Crippen molar-refractivity contribution in [3.05, 3.63) is 16.6 Å². The van der Waals surface area contributed by atoms with Crippen LogP contribution in [0.4, 0.5) is 0 Å². The predicted molar refractivity (Wildman–Crippen MR) is 53.0 cm³/mol. The van der Waals surface area contributed by atoms with Gasteiger partial charge in [0.25, 0.3) is 0 Å². The van der Waals surface area contributed by atoms with E-state index >= 15 is 0 Å². The smallest absolute Gasteiger partial charge is 0.214 e. The molecule has 0 radical (unpaired) electrons. The average molecular weight is 220 g/mol. The number of rotatable bonds is 4. The molecule has 13 heavy (non-hydrogen) atoms. The monoisotopic (exact) mass is 220 g/mol. The maximum atomic E-state index is 11.3. The third-order valence-electron chi connectivity index (χ3n) is 1.53. The lowest BCUT2D eigenvalue weighted by atomic mass is 10.6. The first kappa shape index (κ1) is 10.6. The van der Waals surface area contributed by atoms with Crippen molar-refractivity contribution in [3.8, 4) is 0 Å². The second kappa shape index (κ2) is 4.17. The molecule has 1 aromatic heterocycles. The van der Waals surface area contributed by atoms with Gasteiger partial charge in [-0.1, -0.05) is 0 Å². The van der Waals surface area contributed by atoms with Gasteiger partial charge in [-0.05, 0) is 13.8 Å². The molecule has 0 unspecified atom stereocenters. The Bertz CT molecular complexity index is 343. The lowest BCUT2D eigenvalue weighted by molar-refractivity contribution is 0.572. The maximum Gasteiger partial charge on any atom is 0.214 e. The Kier molecular flexibility index (Phi) is 3.40. The minimum absolute atomic E-state index is 0.290. The van der Waals surface area contributed by atoms with Gasteiger partial charge in [-0.15, -0.1) is 11.3 Å². The van der Waals surface area contributed by atoms with Crippen LogP contribution in [0, 0.1) is 0 Å². The van der Waals surface area contributed by atoms with Gasteiger partial charge in [-0.2, -0.15) is 0 Å². The molecule has 0 saturated heterocycles. The quantitative estimate of drug-likeness (QED) is 0.822. The zero-order valence-electron chi connectivity index (χ0n) is 7.52. The first-order valence-electron chi connectivity index (χ1n) is 3.89. The highest BCUT2D eigenvalue weighted by Crippen LogP contribution is 2.04. The summed E-state index contributed by atoms with van der Waals surface area (Å²) in [5.41, 5.74) is 0. The third kappa shape index (κ3) is 3.06. The summed E-state index contributed by atoms with van der Waals surface area (Å²) in [6.45, 7) is 3.58. The summed E-state index contributed by atoms with van der Waals surface area (Å²) in [4.78, 5) is 3.97. The van der Waals surface area contributed by atoms with Crippen LogP contribution in [0.1, 0.15) is 18.9 Å². The van der Waals surface area contributed by atoms with E-state index in [1.807, 2.05) is 5.38 Å². The van der Waals surface area contributed by atoms with Gasteiger partial charge in [0.2, 0.25) is 10.0 Å². The van der Waals surface area contributed by atoms with Crippen molar-refractivity contribution in [1.82, 2.24) is 9.71 Å². The van der Waals surface area contributed by atoms with E-state index in [1.54, 1.807) is 20.0 Å². The molecule has 74 valence electrons. The summed E-state index contributed by atoms with van der Waals surface area (Å²) >= 11 is 1.44. The van der Waals surface area contributed by atoms with Gasteiger partial charge in [0.15, 0.2) is 0 Å². The maximum absolute atomic E-state index is 11.3. The van der Waals surface area contributed by atoms with Crippen LogP contribution in [0.25, 0.3) is 0 Å². The lowest BCUT2D eigenvalue weighted by Crippen LogP contribution is -2.30. The molecule has 0 atom stereocenters. The van der Waals surface area contributed by atoms with Gasteiger partial charge in [0.1, 0.15) is 5.01 Å². The van der Waals surface area contributed by atoms with Crippen LogP contribution < -0.4 is 4.72 Å². The molecule has 0 aromatic carbocycles. The number of nitrogens with zero attached hydrogens (tertiary/aromatic N) is 1. The Labute approximate surface area is 82.1 Å². The fourth-order valence-corrected chi connectivity index (χ4v) is 1.99. The molecular formula is C7H12N2O2S2. The van der Waals surface area contributed by atoms with Crippen LogP contribution in [0.3, 0.4) is 0 Å². The molecule has 1 N–H and O–H groups in total. The van der Waals surface area contributed by atoms with Gasteiger partial charge < -0.3 is 0 Å². The van der Waals surface area contributed by atoms with Gasteiger partial charge in [-0.3, -0.25) is 0 Å². The van der Waals surface area contributed by atoms with Gasteiger partial charge in [0, 0.05) is 11.6 Å². The molecule has 0 aliphatic heterocycles. The Morgan fingerprint density at radius 1 is 1.62 bits per heavy atom. The van der Waals surface area contributed by atoms with E-state index in [-0.39, 0.29) is 6.54 Å². The van der Waals surface area contributed by atoms with Crippen molar-refractivity contribution in [2.75, 3.05) is 0 Å². The summed E-state index contributed by atoms with van der Waals surface area (Å²) < 4.78 is 25.1. The number of thiazole rings is 1. The summed E-state index contributed by atoms with van der Waals surface area (Å²) in [7, 11) is -3.16. The largest absolute Gasteiger partial charge is 0.248 e. The molecule has 6 heteroatoms. The predicted octanol–water partition coefficient (Wildman–Crippen LogP) is 0.971. The van der Waals surface area contributed by atoms with Gasteiger partial charge in [-0.25, -0.2) is 18.1 Å². The number of aromatic nitrogens is 1. The molecule has 4 nitrogen and oxygen atoms in total. The Morgan fingerprint density at radius 3 is 2.77 bits per heavy atom. The molecule has 0 fully saturated rings. The van der Waals surface area contributed by atoms with Crippen molar-refractivity contribution in [1.29, 1.82) is 0 Å². The van der Waals surface area contributed by atoms with Crippen LogP contribution in [-0.4, -0.2) is 18.7 Å². The van der Waals surface area contributed by atoms with Crippen molar-refractivity contribution >= 4 is 21.4 Å². The molecule has 0 aliphatic carbocycles. The molecular weight excluding hydrogens is 208 g/mol. The summed E-state index contributed by atoms with van der Waals surface area (Å²) in [5, 5.41) is 2.20. The molecule has 1 rings (SSSR count). The van der Waals surface area contributed by atoms with E-state index in [2.05, 4.69) is 9.71 Å². The Morgan fingerprint density at radius 2 is 2.31 bits per heavy atom. The van der Waals surface area contributed by atoms with E-state index in [9.17, 15) is 8.42 Å². The van der Waals surface area contributed by atoms with Crippen molar-refractivity contribution < 1.29 is 8.42 Å². The Hall–Kier alpha value is -0.460. The molecule has 0 spiro atoms. The number of hydrogen-bond acceptors (Lipinski definition) is 4. The lowest BCUT2D eigenvalue weighted by Gasteiger charge is -2.07. The van der Waals surface area contributed by atoms with Gasteiger partial charge >= 0.3 is 0 Å². The van der Waals surface area contributed by atoms with E-state index < -0.39 is 15.3 Å². The zero-order chi connectivity index (χ0) is 9.90. The van der Waals surface area contributed by atoms with E-state index in [4.69, 9.17) is 0 Å². The molecule has 0 bridgehead atoms. The Balaban J connectivity index is 2.53. The van der Waals surface area contributed by atoms with Crippen LogP contribution in [0.2, 0.25) is 0 Å². The fraction of sp³-hybridized carbons (Fsp3) is 0.571. The molecule has 1 aromatic rings. The zero-order valence-corrected chi connectivity index (χ0v) is 9.15.